The van der Waals surface area contributed by atoms with Gasteiger partial charge in [-0.25, -0.2) is 0 Å². The van der Waals surface area contributed by atoms with Crippen LogP contribution in [-0.4, -0.2) is 20.4 Å². The Labute approximate surface area is 156 Å². The van der Waals surface area contributed by atoms with E-state index in [4.69, 9.17) is 0 Å². The average molecular weight is 359 g/mol. The van der Waals surface area contributed by atoms with Gasteiger partial charge in [-0.15, -0.1) is 0 Å². The van der Waals surface area contributed by atoms with Crippen molar-refractivity contribution in [1.82, 2.24) is 9.55 Å². The summed E-state index contributed by atoms with van der Waals surface area (Å²) in [5.41, 5.74) is 1.15. The highest BCUT2D eigenvalue weighted by molar-refractivity contribution is 6.12. The van der Waals surface area contributed by atoms with E-state index in [0.717, 1.165) is 10.1 Å². The first-order valence-corrected chi connectivity index (χ1v) is 8.31. The molecule has 0 fully saturated rings. The van der Waals surface area contributed by atoms with Crippen LogP contribution in [0, 0.1) is 25.2 Å². The fourth-order valence-electron chi connectivity index (χ4n) is 3.01. The van der Waals surface area contributed by atoms with Gasteiger partial charge in [-0.2, -0.15) is 5.26 Å². The number of ketones is 1. The molecule has 2 aromatic heterocycles. The highest BCUT2D eigenvalue weighted by atomic mass is 16.3. The van der Waals surface area contributed by atoms with Crippen LogP contribution in [0.5, 0.6) is 5.88 Å². The minimum atomic E-state index is -0.641. The molecular weight excluding hydrogens is 342 g/mol. The van der Waals surface area contributed by atoms with E-state index in [-0.39, 0.29) is 23.2 Å². The predicted octanol–water partition coefficient (Wildman–Crippen LogP) is 2.72. The summed E-state index contributed by atoms with van der Waals surface area (Å²) < 4.78 is 1.04. The van der Waals surface area contributed by atoms with Gasteiger partial charge < -0.3 is 5.11 Å². The van der Waals surface area contributed by atoms with Crippen LogP contribution in [-0.2, 0) is 6.54 Å². The lowest BCUT2D eigenvalue weighted by molar-refractivity contribution is 0.103. The Balaban J connectivity index is 2.24. The van der Waals surface area contributed by atoms with Gasteiger partial charge >= 0.3 is 0 Å². The van der Waals surface area contributed by atoms with Crippen LogP contribution >= 0.6 is 0 Å². The van der Waals surface area contributed by atoms with Gasteiger partial charge in [0, 0.05) is 18.0 Å². The molecule has 0 amide bonds. The fraction of sp³-hybridized carbons (Fsp3) is 0.143. The quantitative estimate of drug-likeness (QED) is 0.723. The highest BCUT2D eigenvalue weighted by Crippen LogP contribution is 2.26. The van der Waals surface area contributed by atoms with E-state index in [2.05, 4.69) is 4.98 Å². The summed E-state index contributed by atoms with van der Waals surface area (Å²) >= 11 is 0. The molecule has 0 aliphatic rings. The van der Waals surface area contributed by atoms with E-state index in [0.29, 0.717) is 11.1 Å². The lowest BCUT2D eigenvalue weighted by atomic mass is 9.95. The molecule has 6 heteroatoms. The monoisotopic (exact) mass is 359 g/mol. The molecule has 0 atom stereocenters. The van der Waals surface area contributed by atoms with Gasteiger partial charge in [-0.3, -0.25) is 19.1 Å². The molecule has 0 saturated carbocycles. The van der Waals surface area contributed by atoms with E-state index in [1.165, 1.54) is 6.92 Å². The molecule has 0 radical (unpaired) electrons. The summed E-state index contributed by atoms with van der Waals surface area (Å²) in [6, 6.07) is 12.3. The number of rotatable bonds is 4. The molecule has 3 aromatic rings. The molecule has 0 aliphatic carbocycles. The Hall–Kier alpha value is -3.72. The summed E-state index contributed by atoms with van der Waals surface area (Å²) in [5.74, 6) is -0.881. The number of carbonyl (C=O) groups is 1. The van der Waals surface area contributed by atoms with Crippen molar-refractivity contribution in [2.45, 2.75) is 20.4 Å². The Morgan fingerprint density at radius 2 is 1.96 bits per heavy atom. The second-order valence-corrected chi connectivity index (χ2v) is 6.21. The number of carbonyl (C=O) groups excluding carboxylic acids is 1. The molecule has 3 rings (SSSR count). The van der Waals surface area contributed by atoms with Crippen LogP contribution in [0.3, 0.4) is 0 Å². The van der Waals surface area contributed by atoms with Gasteiger partial charge in [0.25, 0.3) is 5.56 Å². The van der Waals surface area contributed by atoms with Gasteiger partial charge in [0.1, 0.15) is 11.6 Å². The third-order valence-corrected chi connectivity index (χ3v) is 4.48. The number of hydrogen-bond acceptors (Lipinski definition) is 5. The van der Waals surface area contributed by atoms with Gasteiger partial charge in [0.2, 0.25) is 5.88 Å². The average Bonchev–Trinajstić information content (AvgIpc) is 2.66. The minimum absolute atomic E-state index is 0.00151. The van der Waals surface area contributed by atoms with E-state index < -0.39 is 17.2 Å². The van der Waals surface area contributed by atoms with Crippen LogP contribution in [0.2, 0.25) is 0 Å². The van der Waals surface area contributed by atoms with Crippen molar-refractivity contribution < 1.29 is 9.90 Å². The Morgan fingerprint density at radius 3 is 2.59 bits per heavy atom. The maximum Gasteiger partial charge on any atom is 0.271 e. The summed E-state index contributed by atoms with van der Waals surface area (Å²) in [6.07, 6.45) is 3.15. The lowest BCUT2D eigenvalue weighted by Gasteiger charge is -2.16. The molecule has 0 saturated heterocycles. The number of benzene rings is 1. The molecule has 134 valence electrons. The highest BCUT2D eigenvalue weighted by Gasteiger charge is 2.25. The number of nitrogens with zero attached hydrogens (tertiary/aromatic N) is 3. The first-order valence-electron chi connectivity index (χ1n) is 8.31. The van der Waals surface area contributed by atoms with E-state index in [9.17, 15) is 20.0 Å². The van der Waals surface area contributed by atoms with Crippen molar-refractivity contribution in [3.8, 4) is 11.9 Å². The molecule has 6 nitrogen and oxygen atoms in total. The normalized spacial score (nSPS) is 10.4. The summed E-state index contributed by atoms with van der Waals surface area (Å²) in [4.78, 5) is 29.8. The lowest BCUT2D eigenvalue weighted by Crippen LogP contribution is -2.27. The summed E-state index contributed by atoms with van der Waals surface area (Å²) in [6.45, 7) is 3.29. The third-order valence-electron chi connectivity index (χ3n) is 4.48. The fourth-order valence-corrected chi connectivity index (χ4v) is 3.01. The zero-order valence-corrected chi connectivity index (χ0v) is 14.9. The van der Waals surface area contributed by atoms with Crippen molar-refractivity contribution in [3.63, 3.8) is 0 Å². The topological polar surface area (TPSA) is 96.0 Å². The van der Waals surface area contributed by atoms with Crippen molar-refractivity contribution >= 4 is 5.78 Å². The second-order valence-electron chi connectivity index (χ2n) is 6.21. The number of aromatic nitrogens is 2. The molecule has 0 unspecified atom stereocenters. The number of nitriles is 1. The van der Waals surface area contributed by atoms with Crippen molar-refractivity contribution in [1.29, 1.82) is 5.26 Å². The molecule has 1 N–H and O–H groups in total. The minimum Gasteiger partial charge on any atom is -0.494 e. The Bertz CT molecular complexity index is 1130. The molecule has 0 spiro atoms. The number of aromatic hydroxyl groups is 1. The first-order chi connectivity index (χ1) is 13.0. The van der Waals surface area contributed by atoms with Crippen molar-refractivity contribution in [2.24, 2.45) is 0 Å². The molecule has 0 aliphatic heterocycles. The third kappa shape index (κ3) is 3.23. The Morgan fingerprint density at radius 1 is 1.22 bits per heavy atom. The van der Waals surface area contributed by atoms with Crippen LogP contribution in [0.25, 0.3) is 0 Å². The van der Waals surface area contributed by atoms with Gasteiger partial charge in [0.15, 0.2) is 5.78 Å². The summed E-state index contributed by atoms with van der Waals surface area (Å²) in [7, 11) is 0. The maximum absolute atomic E-state index is 13.1. The molecule has 2 heterocycles. The SMILES string of the molecule is Cc1ccccc1C(=O)c1c(C)c(C#N)c(=O)n(Cc2cccnc2)c1O. The van der Waals surface area contributed by atoms with Gasteiger partial charge in [-0.1, -0.05) is 30.3 Å². The van der Waals surface area contributed by atoms with E-state index in [1.54, 1.807) is 49.6 Å². The van der Waals surface area contributed by atoms with Crippen LogP contribution in [0.4, 0.5) is 0 Å². The first kappa shape index (κ1) is 18.1. The van der Waals surface area contributed by atoms with Crippen molar-refractivity contribution in [3.05, 3.63) is 92.5 Å². The number of aryl methyl sites for hydroxylation is 1. The zero-order valence-electron chi connectivity index (χ0n) is 14.9. The largest absolute Gasteiger partial charge is 0.494 e. The number of pyridine rings is 2. The summed E-state index contributed by atoms with van der Waals surface area (Å²) in [5, 5.41) is 20.2. The van der Waals surface area contributed by atoms with Crippen LogP contribution in [0.15, 0.2) is 53.6 Å². The van der Waals surface area contributed by atoms with Crippen molar-refractivity contribution in [2.75, 3.05) is 0 Å². The van der Waals surface area contributed by atoms with Crippen LogP contribution < -0.4 is 5.56 Å². The predicted molar refractivity (Wildman–Crippen MR) is 99.8 cm³/mol. The zero-order chi connectivity index (χ0) is 19.6. The van der Waals surface area contributed by atoms with Gasteiger partial charge in [-0.05, 0) is 36.6 Å². The van der Waals surface area contributed by atoms with Crippen LogP contribution in [0.1, 0.15) is 38.2 Å². The van der Waals surface area contributed by atoms with E-state index in [1.807, 2.05) is 12.1 Å². The van der Waals surface area contributed by atoms with E-state index >= 15 is 0 Å². The smallest absolute Gasteiger partial charge is 0.271 e. The standard InChI is InChI=1S/C21H17N3O3/c1-13-6-3-4-8-16(13)19(25)18-14(2)17(10-22)20(26)24(21(18)27)12-15-7-5-9-23-11-15/h3-9,11,27H,12H2,1-2H3. The molecule has 1 aromatic carbocycles. The molecule has 0 bridgehead atoms. The second kappa shape index (κ2) is 7.26. The maximum atomic E-state index is 13.1. The number of hydrogen-bond donors (Lipinski definition) is 1. The molecule has 27 heavy (non-hydrogen) atoms. The van der Waals surface area contributed by atoms with Gasteiger partial charge in [0.05, 0.1) is 12.1 Å². The Kier molecular flexibility index (Phi) is 4.86. The molecular formula is C21H17N3O3.